The number of methoxy groups -OCH3 is 1. The van der Waals surface area contributed by atoms with Crippen LogP contribution in [-0.2, 0) is 23.9 Å². The van der Waals surface area contributed by atoms with Gasteiger partial charge in [-0.15, -0.1) is 0 Å². The SMILES string of the molecule is CO[C@H](C[C@H](C)[C@@H](O)/C=C/C=C/CNC(=O)C(C)(C)[C@@H](O)\C(C)=C/C=C\C=C\C(C)=C(/C)N([O-])O)[C@@]1(O)[C@@H](C)C(=O)N(C)[C@@]12C(=O)O[C@@H]2C. The van der Waals surface area contributed by atoms with E-state index in [2.05, 4.69) is 5.32 Å². The Bertz CT molecular complexity index is 1400. The van der Waals surface area contributed by atoms with Gasteiger partial charge in [0.15, 0.2) is 0 Å². The van der Waals surface area contributed by atoms with Crippen LogP contribution in [0.25, 0.3) is 0 Å². The molecule has 2 aliphatic heterocycles. The number of nitrogens with one attached hydrogen (secondary N) is 1. The number of hydrogen-bond acceptors (Lipinski definition) is 11. The largest absolute Gasteiger partial charge is 0.734 e. The molecule has 2 rings (SSSR count). The number of hydroxylamine groups is 2. The number of carbonyl (C=O) groups excluding carboxylic acids is 3. The first-order valence-corrected chi connectivity index (χ1v) is 16.3. The zero-order chi connectivity index (χ0) is 37.5. The lowest BCUT2D eigenvalue weighted by atomic mass is 9.65. The van der Waals surface area contributed by atoms with Gasteiger partial charge in [0.25, 0.3) is 0 Å². The van der Waals surface area contributed by atoms with Gasteiger partial charge in [-0.25, -0.2) is 4.79 Å². The van der Waals surface area contributed by atoms with Crippen LogP contribution in [0.3, 0.4) is 0 Å². The lowest BCUT2D eigenvalue weighted by Crippen LogP contribution is -2.80. The number of rotatable bonds is 16. The number of likely N-dealkylation sites (N-methyl/N-ethyl adjacent to an activating group) is 1. The first-order chi connectivity index (χ1) is 22.7. The fraction of sp³-hybridized carbons (Fsp3) is 0.583. The molecule has 0 aromatic carbocycles. The van der Waals surface area contributed by atoms with Crippen molar-refractivity contribution < 1.29 is 44.4 Å². The zero-order valence-electron chi connectivity index (χ0n) is 30.2. The average Bonchev–Trinajstić information content (AvgIpc) is 3.22. The molecule has 1 spiro atoms. The Morgan fingerprint density at radius 2 is 1.78 bits per heavy atom. The van der Waals surface area contributed by atoms with Crippen LogP contribution in [0, 0.1) is 22.5 Å². The zero-order valence-corrected chi connectivity index (χ0v) is 30.2. The Kier molecular flexibility index (Phi) is 14.3. The van der Waals surface area contributed by atoms with E-state index in [9.17, 15) is 34.9 Å². The summed E-state index contributed by atoms with van der Waals surface area (Å²) in [5, 5.41) is 56.1. The Labute approximate surface area is 289 Å². The highest BCUT2D eigenvalue weighted by Crippen LogP contribution is 2.54. The highest BCUT2D eigenvalue weighted by Gasteiger charge is 2.80. The molecule has 0 saturated carbocycles. The van der Waals surface area contributed by atoms with Crippen molar-refractivity contribution in [3.8, 4) is 0 Å². The highest BCUT2D eigenvalue weighted by molar-refractivity contribution is 5.99. The topological polar surface area (TPSA) is 192 Å². The lowest BCUT2D eigenvalue weighted by molar-refractivity contribution is -0.255. The Hall–Kier alpha value is -3.59. The number of carbonyl (C=O) groups is 3. The Morgan fingerprint density at radius 3 is 2.33 bits per heavy atom. The second-order valence-electron chi connectivity index (χ2n) is 13.5. The molecule has 2 amide bonds. The summed E-state index contributed by atoms with van der Waals surface area (Å²) in [5.41, 5.74) is -3.27. The smallest absolute Gasteiger partial charge is 0.339 e. The van der Waals surface area contributed by atoms with E-state index in [1.165, 1.54) is 26.0 Å². The molecular formula is C36H54N3O10-. The van der Waals surface area contributed by atoms with Crippen molar-refractivity contribution in [2.45, 2.75) is 97.4 Å². The van der Waals surface area contributed by atoms with E-state index >= 15 is 0 Å². The minimum atomic E-state index is -1.87. The molecule has 2 heterocycles. The maximum Gasteiger partial charge on any atom is 0.339 e. The molecule has 5 N–H and O–H groups in total. The van der Waals surface area contributed by atoms with Gasteiger partial charge in [-0.1, -0.05) is 68.5 Å². The van der Waals surface area contributed by atoms with Gasteiger partial charge in [0.05, 0.1) is 29.6 Å². The molecule has 0 unspecified atom stereocenters. The quantitative estimate of drug-likeness (QED) is 0.0910. The summed E-state index contributed by atoms with van der Waals surface area (Å²) >= 11 is 0. The Balaban J connectivity index is 1.94. The molecule has 0 aromatic heterocycles. The van der Waals surface area contributed by atoms with Crippen molar-refractivity contribution >= 4 is 17.8 Å². The molecule has 2 saturated heterocycles. The van der Waals surface area contributed by atoms with Crippen molar-refractivity contribution in [2.24, 2.45) is 17.3 Å². The number of aliphatic hydroxyl groups is 3. The third-order valence-electron chi connectivity index (χ3n) is 10.0. The van der Waals surface area contributed by atoms with E-state index in [4.69, 9.17) is 14.7 Å². The van der Waals surface area contributed by atoms with Gasteiger partial charge in [0.1, 0.15) is 11.7 Å². The van der Waals surface area contributed by atoms with Crippen LogP contribution in [-0.4, -0.2) is 105 Å². The van der Waals surface area contributed by atoms with Gasteiger partial charge in [-0.05, 0) is 65.0 Å². The summed E-state index contributed by atoms with van der Waals surface area (Å²) in [4.78, 5) is 39.8. The number of nitrogens with zero attached hydrogens (tertiary/aromatic N) is 2. The molecule has 2 aliphatic rings. The van der Waals surface area contributed by atoms with Crippen molar-refractivity contribution in [2.75, 3.05) is 20.7 Å². The summed E-state index contributed by atoms with van der Waals surface area (Å²) in [7, 11) is 2.87. The molecular weight excluding hydrogens is 634 g/mol. The number of allylic oxidation sites excluding steroid dienone is 9. The maximum atomic E-state index is 12.9. The van der Waals surface area contributed by atoms with Crippen LogP contribution in [0.5, 0.6) is 0 Å². The molecule has 8 atom stereocenters. The lowest BCUT2D eigenvalue weighted by Gasteiger charge is -2.55. The molecule has 49 heavy (non-hydrogen) atoms. The van der Waals surface area contributed by atoms with Gasteiger partial charge in [-0.3, -0.25) is 14.8 Å². The molecule has 274 valence electrons. The van der Waals surface area contributed by atoms with Crippen LogP contribution in [0.2, 0.25) is 0 Å². The number of hydrogen-bond donors (Lipinski definition) is 5. The van der Waals surface area contributed by atoms with E-state index in [1.807, 2.05) is 0 Å². The Morgan fingerprint density at radius 1 is 1.14 bits per heavy atom. The van der Waals surface area contributed by atoms with E-state index in [-0.39, 0.29) is 29.8 Å². The molecule has 0 radical (unpaired) electrons. The monoisotopic (exact) mass is 688 g/mol. The van der Waals surface area contributed by atoms with Gasteiger partial charge in [-0.2, -0.15) is 0 Å². The van der Waals surface area contributed by atoms with Gasteiger partial charge in [0, 0.05) is 26.4 Å². The number of ether oxygens (including phenoxy) is 2. The number of cyclic esters (lactones) is 1. The number of amides is 2. The predicted molar refractivity (Wildman–Crippen MR) is 184 cm³/mol. The second-order valence-corrected chi connectivity index (χ2v) is 13.5. The molecule has 0 aliphatic carbocycles. The molecule has 13 heteroatoms. The first-order valence-electron chi connectivity index (χ1n) is 16.3. The number of aliphatic hydroxyl groups excluding tert-OH is 2. The van der Waals surface area contributed by atoms with Crippen LogP contribution in [0.4, 0.5) is 0 Å². The van der Waals surface area contributed by atoms with Crippen LogP contribution in [0.1, 0.15) is 61.8 Å². The fourth-order valence-electron chi connectivity index (χ4n) is 6.47. The second kappa shape index (κ2) is 16.9. The highest BCUT2D eigenvalue weighted by atomic mass is 16.8. The standard InChI is InChI=1S/C36H54N3O10/c1-22(26(5)39(46)47)17-13-11-14-18-23(2)30(41)34(7,8)32(43)37-20-16-12-15-19-28(40)24(3)21-29(48-10)36(45)25(4)31(42)38(9)35(36)27(6)49-33(35)44/h11-19,24-25,27-30,40-41,45-46H,20-21H2,1-10H3,(H,37,43)/q-1/b14-11-,16-12+,17-13+,19-15+,23-18-,26-22+/t24-,25-,27+,28-,29+,30-,35-,36-/m0/s1. The van der Waals surface area contributed by atoms with E-state index in [1.54, 1.807) is 103 Å². The fourth-order valence-corrected chi connectivity index (χ4v) is 6.47. The average molecular weight is 689 g/mol. The molecule has 13 nitrogen and oxygen atoms in total. The van der Waals surface area contributed by atoms with Crippen LogP contribution < -0.4 is 5.32 Å². The van der Waals surface area contributed by atoms with Gasteiger partial charge < -0.3 is 45.4 Å². The number of esters is 1. The summed E-state index contributed by atoms with van der Waals surface area (Å²) in [6.07, 6.45) is 11.4. The van der Waals surface area contributed by atoms with E-state index < -0.39 is 64.7 Å². The summed E-state index contributed by atoms with van der Waals surface area (Å²) < 4.78 is 10.9. The maximum absolute atomic E-state index is 12.9. The molecule has 0 aromatic rings. The first kappa shape index (κ1) is 41.6. The normalized spacial score (nSPS) is 28.0. The summed E-state index contributed by atoms with van der Waals surface area (Å²) in [6.45, 7) is 13.3. The van der Waals surface area contributed by atoms with Crippen LogP contribution >= 0.6 is 0 Å². The summed E-state index contributed by atoms with van der Waals surface area (Å²) in [5.74, 6) is -2.80. The predicted octanol–water partition coefficient (Wildman–Crippen LogP) is 3.07. The van der Waals surface area contributed by atoms with E-state index in [0.29, 0.717) is 11.1 Å². The molecule has 0 bridgehead atoms. The van der Waals surface area contributed by atoms with Crippen LogP contribution in [0.15, 0.2) is 71.5 Å². The van der Waals surface area contributed by atoms with Gasteiger partial charge in [0.2, 0.25) is 17.4 Å². The molecule has 2 fully saturated rings. The third-order valence-corrected chi connectivity index (χ3v) is 10.0. The minimum Gasteiger partial charge on any atom is -0.734 e. The van der Waals surface area contributed by atoms with Crippen molar-refractivity contribution in [3.63, 3.8) is 0 Å². The van der Waals surface area contributed by atoms with E-state index in [0.717, 1.165) is 0 Å². The third kappa shape index (κ3) is 8.25. The summed E-state index contributed by atoms with van der Waals surface area (Å²) in [6, 6.07) is 0. The van der Waals surface area contributed by atoms with Crippen molar-refractivity contribution in [3.05, 3.63) is 76.7 Å². The minimum absolute atomic E-state index is 0.145. The van der Waals surface area contributed by atoms with Crippen molar-refractivity contribution in [1.29, 1.82) is 0 Å². The van der Waals surface area contributed by atoms with Gasteiger partial charge >= 0.3 is 5.97 Å². The number of likely N-dealkylation sites (tertiary alicyclic amines) is 1. The van der Waals surface area contributed by atoms with Crippen molar-refractivity contribution in [1.82, 2.24) is 15.4 Å².